The van der Waals surface area contributed by atoms with Crippen LogP contribution < -0.4 is 54.6 Å². The number of nitrogens with two attached hydrogens (primary N) is 2. The summed E-state index contributed by atoms with van der Waals surface area (Å²) in [4.78, 5) is 109. The molecule has 424 valence electrons. The predicted molar refractivity (Wildman–Crippen MR) is 268 cm³/mol. The molecule has 1 fully saturated rings. The van der Waals surface area contributed by atoms with E-state index >= 15 is 0 Å². The number of carbonyl (C=O) groups is 6. The number of hydrogen-bond donors (Lipinski definition) is 16. The van der Waals surface area contributed by atoms with Crippen LogP contribution in [0.1, 0.15) is 117 Å². The predicted octanol–water partition coefficient (Wildman–Crippen LogP) is -2.55. The van der Waals surface area contributed by atoms with Gasteiger partial charge in [0.05, 0.1) is 6.04 Å². The van der Waals surface area contributed by atoms with Gasteiger partial charge in [0, 0.05) is 38.3 Å². The SMILES string of the molecule is CC(C)C(NC(=O)NC(C(=O)NC(C(=O)NCCCNC(C(=O)O)C(O)C1OC(n2ccc(=O)[nH]c2=O)C(O)C1O)C(OC(=O)CCCCCCCCCCCCN(O)C(=N)N)C(C)C)C1CCN=C(N)N1)C(=O)O. The van der Waals surface area contributed by atoms with Crippen LogP contribution in [0.3, 0.4) is 0 Å². The molecule has 1 saturated heterocycles. The Bertz CT molecular complexity index is 2190. The maximum absolute atomic E-state index is 14.4. The van der Waals surface area contributed by atoms with Crippen LogP contribution in [0.25, 0.3) is 0 Å². The van der Waals surface area contributed by atoms with Crippen LogP contribution in [0.4, 0.5) is 4.79 Å². The molecule has 0 aromatic carbocycles. The Hall–Kier alpha value is -6.40. The van der Waals surface area contributed by atoms with Gasteiger partial charge in [0.15, 0.2) is 12.2 Å². The standard InChI is InChI=1S/C46H79N13O16/c1-24(2)29(41(67)68)56-45(71)57-30(26-17-21-52-44(49)53-26)39(66)55-32(36(25(3)4)74-28(61)16-13-11-9-7-5-6-8-10-12-14-22-59(73)43(47)48)38(65)51-20-15-19-50-31(42(69)70)33(62)37-34(63)35(64)40(75-37)58-23-18-27(60)54-46(58)72/h18,23-26,29-37,40,50,62-64,73H,5-17,19-22H2,1-4H3,(H3,47,48)(H,51,65)(H,55,66)(H,67,68)(H,69,70)(H3,49,52,53)(H,54,60,72)(H2,56,57,71). The zero-order valence-corrected chi connectivity index (χ0v) is 42.9. The zero-order valence-electron chi connectivity index (χ0n) is 42.9. The number of rotatable bonds is 33. The van der Waals surface area contributed by atoms with Crippen molar-refractivity contribution in [2.45, 2.75) is 178 Å². The van der Waals surface area contributed by atoms with Crippen LogP contribution in [0, 0.1) is 17.2 Å². The van der Waals surface area contributed by atoms with Crippen molar-refractivity contribution in [2.24, 2.45) is 28.3 Å². The van der Waals surface area contributed by atoms with Crippen LogP contribution in [0.2, 0.25) is 0 Å². The first-order valence-electron chi connectivity index (χ1n) is 25.4. The first-order valence-corrected chi connectivity index (χ1v) is 25.4. The summed E-state index contributed by atoms with van der Waals surface area (Å²) in [7, 11) is 0. The van der Waals surface area contributed by atoms with Crippen molar-refractivity contribution in [3.63, 3.8) is 0 Å². The lowest BCUT2D eigenvalue weighted by Gasteiger charge is -2.34. The van der Waals surface area contributed by atoms with Gasteiger partial charge < -0.3 is 78.4 Å². The Balaban J connectivity index is 1.71. The first-order chi connectivity index (χ1) is 35.4. The number of esters is 1. The molecule has 2 aliphatic heterocycles. The number of hydroxylamine groups is 2. The number of carbonyl (C=O) groups excluding carboxylic acids is 4. The molecule has 3 heterocycles. The molecule has 0 aliphatic carbocycles. The second kappa shape index (κ2) is 31.5. The number of aromatic nitrogens is 2. The Morgan fingerprint density at radius 2 is 1.47 bits per heavy atom. The van der Waals surface area contributed by atoms with Crippen molar-refractivity contribution in [3.05, 3.63) is 33.1 Å². The number of carboxylic acids is 2. The van der Waals surface area contributed by atoms with E-state index in [9.17, 15) is 69.1 Å². The number of nitrogens with one attached hydrogen (secondary N) is 8. The van der Waals surface area contributed by atoms with E-state index in [-0.39, 0.29) is 50.8 Å². The molecule has 0 spiro atoms. The number of aliphatic hydroxyl groups excluding tert-OH is 3. The van der Waals surface area contributed by atoms with E-state index in [2.05, 4.69) is 36.9 Å². The number of carboxylic acid groups (broad SMARTS) is 2. The molecule has 29 nitrogen and oxygen atoms in total. The van der Waals surface area contributed by atoms with Crippen molar-refractivity contribution in [3.8, 4) is 0 Å². The van der Waals surface area contributed by atoms with Gasteiger partial charge >= 0.3 is 29.6 Å². The van der Waals surface area contributed by atoms with E-state index in [0.29, 0.717) is 24.4 Å². The number of aliphatic imine (C=N–C) groups is 1. The van der Waals surface area contributed by atoms with Gasteiger partial charge in [-0.15, -0.1) is 0 Å². The number of nitrogens with zero attached hydrogens (tertiary/aromatic N) is 3. The number of unbranched alkanes of at least 4 members (excludes halogenated alkanes) is 9. The van der Waals surface area contributed by atoms with Gasteiger partial charge in [0.1, 0.15) is 54.7 Å². The highest BCUT2D eigenvalue weighted by atomic mass is 16.6. The van der Waals surface area contributed by atoms with E-state index in [1.165, 1.54) is 0 Å². The molecule has 0 saturated carbocycles. The van der Waals surface area contributed by atoms with E-state index in [1.807, 2.05) is 4.98 Å². The topological polar surface area (TPSA) is 461 Å². The second-order valence-electron chi connectivity index (χ2n) is 19.3. The molecule has 4 amide bonds. The number of ether oxygens (including phenoxy) is 2. The zero-order chi connectivity index (χ0) is 55.9. The Labute approximate surface area is 433 Å². The summed E-state index contributed by atoms with van der Waals surface area (Å²) >= 11 is 0. The normalized spacial score (nSPS) is 20.8. The fourth-order valence-corrected chi connectivity index (χ4v) is 8.51. The maximum atomic E-state index is 14.4. The molecule has 0 radical (unpaired) electrons. The van der Waals surface area contributed by atoms with Crippen LogP contribution >= 0.6 is 0 Å². The minimum atomic E-state index is -2.01. The third kappa shape index (κ3) is 20.3. The summed E-state index contributed by atoms with van der Waals surface area (Å²) in [6, 6.07) is -7.22. The summed E-state index contributed by atoms with van der Waals surface area (Å²) in [6.45, 7) is 6.54. The van der Waals surface area contributed by atoms with E-state index in [0.717, 1.165) is 68.2 Å². The largest absolute Gasteiger partial charge is 0.480 e. The molecular weight excluding hydrogens is 991 g/mol. The molecule has 0 bridgehead atoms. The van der Waals surface area contributed by atoms with Crippen molar-refractivity contribution in [2.75, 3.05) is 26.2 Å². The van der Waals surface area contributed by atoms with Crippen LogP contribution in [0.15, 0.2) is 26.8 Å². The monoisotopic (exact) mass is 1070 g/mol. The summed E-state index contributed by atoms with van der Waals surface area (Å²) in [6.07, 6.45) is -0.554. The summed E-state index contributed by atoms with van der Waals surface area (Å²) in [5, 5.41) is 85.1. The Morgan fingerprint density at radius 3 is 2.03 bits per heavy atom. The van der Waals surface area contributed by atoms with Crippen LogP contribution in [-0.2, 0) is 33.4 Å². The lowest BCUT2D eigenvalue weighted by atomic mass is 9.96. The summed E-state index contributed by atoms with van der Waals surface area (Å²) in [5.41, 5.74) is 9.42. The van der Waals surface area contributed by atoms with Gasteiger partial charge in [-0.1, -0.05) is 79.1 Å². The number of guanidine groups is 2. The number of aliphatic carboxylic acids is 2. The lowest BCUT2D eigenvalue weighted by molar-refractivity contribution is -0.156. The Kier molecular flexibility index (Phi) is 26.4. The summed E-state index contributed by atoms with van der Waals surface area (Å²) < 4.78 is 12.2. The number of amides is 4. The molecule has 29 heteroatoms. The molecule has 1 aromatic heterocycles. The minimum Gasteiger partial charge on any atom is -0.480 e. The van der Waals surface area contributed by atoms with Crippen molar-refractivity contribution >= 4 is 47.7 Å². The molecule has 11 atom stereocenters. The fourth-order valence-electron chi connectivity index (χ4n) is 8.51. The third-order valence-electron chi connectivity index (χ3n) is 12.7. The van der Waals surface area contributed by atoms with Gasteiger partial charge in [-0.25, -0.2) is 19.4 Å². The molecule has 18 N–H and O–H groups in total. The highest BCUT2D eigenvalue weighted by molar-refractivity contribution is 5.94. The molecular formula is C46H79N13O16. The number of aliphatic hydroxyl groups is 3. The van der Waals surface area contributed by atoms with E-state index in [4.69, 9.17) is 26.4 Å². The lowest BCUT2D eigenvalue weighted by Crippen LogP contribution is -2.66. The van der Waals surface area contributed by atoms with Gasteiger partial charge in [-0.3, -0.25) is 49.1 Å². The molecule has 11 unspecified atom stereocenters. The summed E-state index contributed by atoms with van der Waals surface area (Å²) in [5.74, 6) is -6.91. The average Bonchev–Trinajstić information content (AvgIpc) is 3.63. The van der Waals surface area contributed by atoms with Gasteiger partial charge in [0.2, 0.25) is 17.8 Å². The minimum absolute atomic E-state index is 0.000350. The fraction of sp³-hybridized carbons (Fsp3) is 0.739. The quantitative estimate of drug-likeness (QED) is 0.0113. The number of hydrogen-bond acceptors (Lipinski definition) is 19. The van der Waals surface area contributed by atoms with Gasteiger partial charge in [0.25, 0.3) is 5.56 Å². The highest BCUT2D eigenvalue weighted by Crippen LogP contribution is 2.31. The van der Waals surface area contributed by atoms with Crippen molar-refractivity contribution in [1.82, 2.24) is 46.5 Å². The average molecular weight is 1070 g/mol. The smallest absolute Gasteiger partial charge is 0.330 e. The molecule has 3 rings (SSSR count). The van der Waals surface area contributed by atoms with Crippen LogP contribution in [0.5, 0.6) is 0 Å². The number of H-pyrrole nitrogens is 1. The van der Waals surface area contributed by atoms with Gasteiger partial charge in [-0.05, 0) is 44.1 Å². The van der Waals surface area contributed by atoms with E-state index < -0.39 is 126 Å². The molecule has 75 heavy (non-hydrogen) atoms. The number of urea groups is 1. The van der Waals surface area contributed by atoms with Gasteiger partial charge in [-0.2, -0.15) is 0 Å². The third-order valence-corrected chi connectivity index (χ3v) is 12.7. The van der Waals surface area contributed by atoms with Crippen LogP contribution in [-0.4, -0.2) is 180 Å². The highest BCUT2D eigenvalue weighted by Gasteiger charge is 2.50. The number of aromatic amines is 1. The maximum Gasteiger partial charge on any atom is 0.330 e. The Morgan fingerprint density at radius 1 is 0.853 bits per heavy atom. The van der Waals surface area contributed by atoms with E-state index in [1.54, 1.807) is 27.7 Å². The van der Waals surface area contributed by atoms with Crippen molar-refractivity contribution < 1.29 is 69.0 Å². The molecule has 1 aromatic rings. The second-order valence-corrected chi connectivity index (χ2v) is 19.3. The first kappa shape index (κ1) is 62.9. The molecule has 2 aliphatic rings. The van der Waals surface area contributed by atoms with Crippen molar-refractivity contribution in [1.29, 1.82) is 5.41 Å².